The van der Waals surface area contributed by atoms with Gasteiger partial charge in [0.05, 0.1) is 0 Å². The molecule has 0 aromatic carbocycles. The van der Waals surface area contributed by atoms with Crippen molar-refractivity contribution in [1.29, 1.82) is 0 Å². The van der Waals surface area contributed by atoms with Crippen LogP contribution in [0.4, 0.5) is 0 Å². The molecule has 2 N–H and O–H groups in total. The minimum absolute atomic E-state index is 0. The van der Waals surface area contributed by atoms with Crippen molar-refractivity contribution in [1.82, 2.24) is 10.6 Å². The molecule has 1 saturated carbocycles. The molecule has 0 bridgehead atoms. The first-order valence-corrected chi connectivity index (χ1v) is 7.68. The Morgan fingerprint density at radius 3 is 2.32 bits per heavy atom. The first-order chi connectivity index (χ1) is 8.70. The Labute approximate surface area is 123 Å². The Morgan fingerprint density at radius 2 is 1.74 bits per heavy atom. The summed E-state index contributed by atoms with van der Waals surface area (Å²) in [6.07, 6.45) is 9.66. The SMILES string of the molecule is CC1(CNC(=O)C2CCCCCC2)CCNCC1.Cl. The number of rotatable bonds is 3. The molecule has 0 aromatic heterocycles. The van der Waals surface area contributed by atoms with Crippen LogP contribution in [0.2, 0.25) is 0 Å². The Hall–Kier alpha value is -0.280. The number of hydrogen-bond donors (Lipinski definition) is 2. The third-order valence-electron chi connectivity index (χ3n) is 4.73. The average Bonchev–Trinajstić information content (AvgIpc) is 2.66. The van der Waals surface area contributed by atoms with Gasteiger partial charge in [-0.1, -0.05) is 32.6 Å². The third kappa shape index (κ3) is 5.31. The van der Waals surface area contributed by atoms with Crippen molar-refractivity contribution >= 4 is 18.3 Å². The summed E-state index contributed by atoms with van der Waals surface area (Å²) in [5.41, 5.74) is 0.311. The van der Waals surface area contributed by atoms with E-state index in [2.05, 4.69) is 17.6 Å². The second-order valence-electron chi connectivity index (χ2n) is 6.47. The van der Waals surface area contributed by atoms with E-state index in [1.807, 2.05) is 0 Å². The Kier molecular flexibility index (Phi) is 7.16. The molecule has 2 fully saturated rings. The van der Waals surface area contributed by atoms with Crippen molar-refractivity contribution in [3.05, 3.63) is 0 Å². The normalized spacial score (nSPS) is 24.1. The van der Waals surface area contributed by atoms with Gasteiger partial charge < -0.3 is 10.6 Å². The summed E-state index contributed by atoms with van der Waals surface area (Å²) in [5, 5.41) is 6.61. The van der Waals surface area contributed by atoms with E-state index in [9.17, 15) is 4.79 Å². The van der Waals surface area contributed by atoms with E-state index in [4.69, 9.17) is 0 Å². The van der Waals surface area contributed by atoms with Gasteiger partial charge in [-0.3, -0.25) is 4.79 Å². The van der Waals surface area contributed by atoms with Gasteiger partial charge in [-0.05, 0) is 44.2 Å². The fraction of sp³-hybridized carbons (Fsp3) is 0.933. The Balaban J connectivity index is 0.00000180. The number of carbonyl (C=O) groups is 1. The molecule has 2 aliphatic rings. The summed E-state index contributed by atoms with van der Waals surface area (Å²) in [6, 6.07) is 0. The maximum Gasteiger partial charge on any atom is 0.223 e. The highest BCUT2D eigenvalue weighted by atomic mass is 35.5. The van der Waals surface area contributed by atoms with E-state index in [-0.39, 0.29) is 18.3 Å². The average molecular weight is 289 g/mol. The van der Waals surface area contributed by atoms with Crippen LogP contribution in [0.5, 0.6) is 0 Å². The van der Waals surface area contributed by atoms with Crippen LogP contribution in [0, 0.1) is 11.3 Å². The summed E-state index contributed by atoms with van der Waals surface area (Å²) < 4.78 is 0. The van der Waals surface area contributed by atoms with Crippen LogP contribution in [-0.2, 0) is 4.79 Å². The first kappa shape index (κ1) is 16.8. The van der Waals surface area contributed by atoms with Crippen molar-refractivity contribution in [2.45, 2.75) is 58.3 Å². The molecule has 0 radical (unpaired) electrons. The van der Waals surface area contributed by atoms with E-state index in [0.717, 1.165) is 32.5 Å². The molecule has 0 unspecified atom stereocenters. The zero-order valence-electron chi connectivity index (χ0n) is 12.2. The molecule has 1 saturated heterocycles. The van der Waals surface area contributed by atoms with Gasteiger partial charge in [0.1, 0.15) is 0 Å². The maximum absolute atomic E-state index is 12.2. The van der Waals surface area contributed by atoms with Crippen molar-refractivity contribution in [3.63, 3.8) is 0 Å². The number of nitrogens with one attached hydrogen (secondary N) is 2. The van der Waals surface area contributed by atoms with E-state index < -0.39 is 0 Å². The molecule has 112 valence electrons. The Morgan fingerprint density at radius 1 is 1.16 bits per heavy atom. The predicted octanol–water partition coefficient (Wildman–Crippen LogP) is 2.88. The first-order valence-electron chi connectivity index (χ1n) is 7.68. The summed E-state index contributed by atoms with van der Waals surface area (Å²) in [5.74, 6) is 0.606. The number of amides is 1. The maximum atomic E-state index is 12.2. The minimum Gasteiger partial charge on any atom is -0.355 e. The monoisotopic (exact) mass is 288 g/mol. The molecule has 0 spiro atoms. The molecule has 0 atom stereocenters. The number of hydrogen-bond acceptors (Lipinski definition) is 2. The van der Waals surface area contributed by atoms with Crippen LogP contribution < -0.4 is 10.6 Å². The van der Waals surface area contributed by atoms with E-state index in [0.29, 0.717) is 11.3 Å². The topological polar surface area (TPSA) is 41.1 Å². The number of carbonyl (C=O) groups excluding carboxylic acids is 1. The molecule has 1 aliphatic heterocycles. The quantitative estimate of drug-likeness (QED) is 0.784. The predicted molar refractivity (Wildman–Crippen MR) is 81.7 cm³/mol. The second kappa shape index (κ2) is 8.11. The lowest BCUT2D eigenvalue weighted by molar-refractivity contribution is -0.126. The molecule has 3 nitrogen and oxygen atoms in total. The van der Waals surface area contributed by atoms with E-state index in [1.54, 1.807) is 0 Å². The largest absolute Gasteiger partial charge is 0.355 e. The lowest BCUT2D eigenvalue weighted by Crippen LogP contribution is -2.44. The number of piperidine rings is 1. The van der Waals surface area contributed by atoms with E-state index >= 15 is 0 Å². The van der Waals surface area contributed by atoms with Gasteiger partial charge >= 0.3 is 0 Å². The van der Waals surface area contributed by atoms with Gasteiger partial charge in [-0.15, -0.1) is 12.4 Å². The zero-order valence-corrected chi connectivity index (χ0v) is 13.0. The van der Waals surface area contributed by atoms with E-state index in [1.165, 1.54) is 38.5 Å². The fourth-order valence-corrected chi connectivity index (χ4v) is 3.19. The van der Waals surface area contributed by atoms with Gasteiger partial charge in [-0.2, -0.15) is 0 Å². The van der Waals surface area contributed by atoms with Crippen LogP contribution in [0.1, 0.15) is 58.3 Å². The summed E-state index contributed by atoms with van der Waals surface area (Å²) in [7, 11) is 0. The standard InChI is InChI=1S/C15H28N2O.ClH/c1-15(8-10-16-11-9-15)12-17-14(18)13-6-4-2-3-5-7-13;/h13,16H,2-12H2,1H3,(H,17,18);1H. The van der Waals surface area contributed by atoms with Gasteiger partial charge in [0.25, 0.3) is 0 Å². The molecule has 19 heavy (non-hydrogen) atoms. The zero-order chi connectivity index (χ0) is 12.8. The van der Waals surface area contributed by atoms with Crippen LogP contribution in [0.15, 0.2) is 0 Å². The molecular weight excluding hydrogens is 260 g/mol. The molecule has 1 heterocycles. The van der Waals surface area contributed by atoms with Gasteiger partial charge in [-0.25, -0.2) is 0 Å². The van der Waals surface area contributed by atoms with Crippen molar-refractivity contribution in [3.8, 4) is 0 Å². The Bertz CT molecular complexity index is 269. The lowest BCUT2D eigenvalue weighted by atomic mass is 9.81. The van der Waals surface area contributed by atoms with Crippen LogP contribution in [0.25, 0.3) is 0 Å². The smallest absolute Gasteiger partial charge is 0.223 e. The van der Waals surface area contributed by atoms with Crippen molar-refractivity contribution < 1.29 is 4.79 Å². The highest BCUT2D eigenvalue weighted by Gasteiger charge is 2.28. The van der Waals surface area contributed by atoms with Gasteiger partial charge in [0, 0.05) is 12.5 Å². The molecule has 1 aliphatic carbocycles. The minimum atomic E-state index is 0. The molecule has 2 rings (SSSR count). The van der Waals surface area contributed by atoms with Crippen molar-refractivity contribution in [2.75, 3.05) is 19.6 Å². The summed E-state index contributed by atoms with van der Waals surface area (Å²) in [4.78, 5) is 12.2. The third-order valence-corrected chi connectivity index (χ3v) is 4.73. The second-order valence-corrected chi connectivity index (χ2v) is 6.47. The highest BCUT2D eigenvalue weighted by Crippen LogP contribution is 2.27. The summed E-state index contributed by atoms with van der Waals surface area (Å²) in [6.45, 7) is 5.36. The molecular formula is C15H29ClN2O. The molecule has 1 amide bonds. The summed E-state index contributed by atoms with van der Waals surface area (Å²) >= 11 is 0. The fourth-order valence-electron chi connectivity index (χ4n) is 3.19. The van der Waals surface area contributed by atoms with Crippen LogP contribution >= 0.6 is 12.4 Å². The van der Waals surface area contributed by atoms with Gasteiger partial charge in [0.2, 0.25) is 5.91 Å². The van der Waals surface area contributed by atoms with Crippen molar-refractivity contribution in [2.24, 2.45) is 11.3 Å². The number of halogens is 1. The highest BCUT2D eigenvalue weighted by molar-refractivity contribution is 5.85. The molecule has 4 heteroatoms. The van der Waals surface area contributed by atoms with Crippen LogP contribution in [-0.4, -0.2) is 25.5 Å². The van der Waals surface area contributed by atoms with Gasteiger partial charge in [0.15, 0.2) is 0 Å². The van der Waals surface area contributed by atoms with Crippen LogP contribution in [0.3, 0.4) is 0 Å². The molecule has 0 aromatic rings. The lowest BCUT2D eigenvalue weighted by Gasteiger charge is -2.34.